The van der Waals surface area contributed by atoms with Gasteiger partial charge in [0.15, 0.2) is 0 Å². The van der Waals surface area contributed by atoms with Crippen LogP contribution in [0.4, 0.5) is 0 Å². The Morgan fingerprint density at radius 3 is 2.21 bits per heavy atom. The molecule has 3 fully saturated rings. The van der Waals surface area contributed by atoms with Crippen LogP contribution < -0.4 is 4.74 Å². The fraction of sp³-hybridized carbons (Fsp3) is 0.320. The van der Waals surface area contributed by atoms with Gasteiger partial charge >= 0.3 is 0 Å². The second-order valence-electron chi connectivity index (χ2n) is 9.29. The number of hydrogen-bond acceptors (Lipinski definition) is 4. The number of carbonyl (C=O) groups excluding carboxylic acids is 2. The standard InChI is InChI=1S/C25H18Cl2I2N2O3/c26-14-2-1-13(17(27)9-14)11-34-22-18(28)7-12(8-19(22)29)10-30-31-23(32)20-15-3-4-16(21(20)24(31)33)25(15)5-6-25/h1-4,7-10,15-16,20-21H,5-6,11H2/b30-10-/t15-,16-,20-,21-/m1/s1. The van der Waals surface area contributed by atoms with Crippen molar-refractivity contribution in [1.82, 2.24) is 5.01 Å². The summed E-state index contributed by atoms with van der Waals surface area (Å²) in [5.41, 5.74) is 1.83. The summed E-state index contributed by atoms with van der Waals surface area (Å²) in [7, 11) is 0. The smallest absolute Gasteiger partial charge is 0.254 e. The number of amides is 2. The zero-order chi connectivity index (χ0) is 23.8. The largest absolute Gasteiger partial charge is 0.487 e. The number of rotatable bonds is 5. The highest BCUT2D eigenvalue weighted by atomic mass is 127. The Hall–Kier alpha value is -1.17. The van der Waals surface area contributed by atoms with Crippen LogP contribution in [0, 0.1) is 36.2 Å². The molecule has 6 rings (SSSR count). The summed E-state index contributed by atoms with van der Waals surface area (Å²) < 4.78 is 7.82. The summed E-state index contributed by atoms with van der Waals surface area (Å²) in [6.07, 6.45) is 8.17. The molecule has 2 saturated carbocycles. The Labute approximate surface area is 234 Å². The van der Waals surface area contributed by atoms with Crippen LogP contribution in [0.5, 0.6) is 5.75 Å². The molecule has 2 aromatic rings. The first kappa shape index (κ1) is 23.2. The van der Waals surface area contributed by atoms with Gasteiger partial charge in [0.2, 0.25) is 0 Å². The molecule has 3 aliphatic carbocycles. The van der Waals surface area contributed by atoms with Crippen molar-refractivity contribution in [3.63, 3.8) is 0 Å². The van der Waals surface area contributed by atoms with Gasteiger partial charge in [0.05, 0.1) is 25.2 Å². The fourth-order valence-corrected chi connectivity index (χ4v) is 8.47. The number of ether oxygens (including phenoxy) is 1. The van der Waals surface area contributed by atoms with Gasteiger partial charge in [-0.25, -0.2) is 0 Å². The number of allylic oxidation sites excluding steroid dienone is 2. The highest BCUT2D eigenvalue weighted by Gasteiger charge is 2.73. The molecule has 1 spiro atoms. The maximum Gasteiger partial charge on any atom is 0.254 e. The van der Waals surface area contributed by atoms with Crippen molar-refractivity contribution >= 4 is 86.4 Å². The molecule has 2 amide bonds. The monoisotopic (exact) mass is 718 g/mol. The summed E-state index contributed by atoms with van der Waals surface area (Å²) in [5, 5.41) is 6.57. The highest BCUT2D eigenvalue weighted by molar-refractivity contribution is 14.1. The van der Waals surface area contributed by atoms with Crippen LogP contribution >= 0.6 is 68.4 Å². The number of benzene rings is 2. The minimum Gasteiger partial charge on any atom is -0.487 e. The number of nitrogens with zero attached hydrogens (tertiary/aromatic N) is 2. The maximum absolute atomic E-state index is 13.1. The van der Waals surface area contributed by atoms with E-state index in [-0.39, 0.29) is 40.9 Å². The maximum atomic E-state index is 13.1. The van der Waals surface area contributed by atoms with Crippen LogP contribution in [0.25, 0.3) is 0 Å². The number of hydrogen-bond donors (Lipinski definition) is 0. The van der Waals surface area contributed by atoms with E-state index >= 15 is 0 Å². The number of halogens is 4. The molecule has 1 aliphatic heterocycles. The van der Waals surface area contributed by atoms with E-state index in [1.807, 2.05) is 18.2 Å². The average molecular weight is 719 g/mol. The molecule has 4 atom stereocenters. The summed E-state index contributed by atoms with van der Waals surface area (Å²) in [5.74, 6) is 0.357. The molecule has 2 bridgehead atoms. The third kappa shape index (κ3) is 3.56. The predicted molar refractivity (Wildman–Crippen MR) is 147 cm³/mol. The van der Waals surface area contributed by atoms with E-state index in [1.165, 1.54) is 0 Å². The van der Waals surface area contributed by atoms with Gasteiger partial charge in [0, 0.05) is 15.6 Å². The molecule has 0 aromatic heterocycles. The van der Waals surface area contributed by atoms with Crippen LogP contribution in [0.1, 0.15) is 24.0 Å². The first-order chi connectivity index (χ1) is 16.3. The lowest BCUT2D eigenvalue weighted by Crippen LogP contribution is -2.30. The molecule has 2 aromatic carbocycles. The van der Waals surface area contributed by atoms with E-state index in [2.05, 4.69) is 62.4 Å². The molecule has 0 N–H and O–H groups in total. The van der Waals surface area contributed by atoms with Crippen LogP contribution in [-0.2, 0) is 16.2 Å². The van der Waals surface area contributed by atoms with Crippen molar-refractivity contribution in [1.29, 1.82) is 0 Å². The van der Waals surface area contributed by atoms with E-state index in [4.69, 9.17) is 27.9 Å². The lowest BCUT2D eigenvalue weighted by Gasteiger charge is -2.18. The third-order valence-electron chi connectivity index (χ3n) is 7.56. The van der Waals surface area contributed by atoms with Gasteiger partial charge in [-0.05, 0) is 105 Å². The zero-order valence-corrected chi connectivity index (χ0v) is 23.5. The van der Waals surface area contributed by atoms with E-state index in [9.17, 15) is 9.59 Å². The summed E-state index contributed by atoms with van der Waals surface area (Å²) >= 11 is 16.6. The van der Waals surface area contributed by atoms with Crippen molar-refractivity contribution < 1.29 is 14.3 Å². The van der Waals surface area contributed by atoms with Gasteiger partial charge in [-0.15, -0.1) is 0 Å². The first-order valence-corrected chi connectivity index (χ1v) is 13.9. The third-order valence-corrected chi connectivity index (χ3v) is 9.75. The molecule has 9 heteroatoms. The van der Waals surface area contributed by atoms with E-state index in [1.54, 1.807) is 18.3 Å². The summed E-state index contributed by atoms with van der Waals surface area (Å²) in [6, 6.07) is 9.15. The minimum atomic E-state index is -0.238. The molecular formula is C25H18Cl2I2N2O3. The molecule has 0 unspecified atom stereocenters. The number of carbonyl (C=O) groups is 2. The van der Waals surface area contributed by atoms with Crippen molar-refractivity contribution in [3.05, 3.63) is 70.8 Å². The highest BCUT2D eigenvalue weighted by Crippen LogP contribution is 2.73. The van der Waals surface area contributed by atoms with E-state index in [0.29, 0.717) is 16.7 Å². The van der Waals surface area contributed by atoms with Crippen molar-refractivity contribution in [2.75, 3.05) is 0 Å². The first-order valence-electron chi connectivity index (χ1n) is 11.0. The molecule has 1 saturated heterocycles. The normalized spacial score (nSPS) is 27.9. The second kappa shape index (κ2) is 8.45. The second-order valence-corrected chi connectivity index (χ2v) is 12.5. The molecule has 4 aliphatic rings. The molecule has 174 valence electrons. The Morgan fingerprint density at radius 2 is 1.65 bits per heavy atom. The average Bonchev–Trinajstić information content (AvgIpc) is 3.39. The summed E-state index contributed by atoms with van der Waals surface area (Å²) in [4.78, 5) is 26.2. The molecular weight excluding hydrogens is 701 g/mol. The fourth-order valence-electron chi connectivity index (χ4n) is 5.88. The van der Waals surface area contributed by atoms with Gasteiger partial charge in [0.25, 0.3) is 11.8 Å². The molecule has 1 heterocycles. The van der Waals surface area contributed by atoms with Gasteiger partial charge < -0.3 is 4.74 Å². The Bertz CT molecular complexity index is 1250. The van der Waals surface area contributed by atoms with E-state index in [0.717, 1.165) is 41.9 Å². The number of fused-ring (bicyclic) bond motifs is 3. The topological polar surface area (TPSA) is 59.0 Å². The Morgan fingerprint density at radius 1 is 1.03 bits per heavy atom. The van der Waals surface area contributed by atoms with Gasteiger partial charge in [-0.2, -0.15) is 10.1 Å². The summed E-state index contributed by atoms with van der Waals surface area (Å²) in [6.45, 7) is 0.312. The quantitative estimate of drug-likeness (QED) is 0.158. The lowest BCUT2D eigenvalue weighted by atomic mass is 9.85. The molecule has 5 nitrogen and oxygen atoms in total. The molecule has 0 radical (unpaired) electrons. The predicted octanol–water partition coefficient (Wildman–Crippen LogP) is 6.31. The van der Waals surface area contributed by atoms with Gasteiger partial charge in [0.1, 0.15) is 12.4 Å². The van der Waals surface area contributed by atoms with Crippen molar-refractivity contribution in [2.24, 2.45) is 34.2 Å². The van der Waals surface area contributed by atoms with Crippen LogP contribution in [0.2, 0.25) is 10.0 Å². The SMILES string of the molecule is O=C1[C@H]2[C@H](C(=O)N1/N=C\c1cc(I)c(OCc3ccc(Cl)cc3Cl)c(I)c1)[C@H]1C=C[C@H]2C12CC2. The van der Waals surface area contributed by atoms with Crippen LogP contribution in [-0.4, -0.2) is 23.0 Å². The number of imide groups is 1. The Kier molecular flexibility index (Phi) is 5.78. The van der Waals surface area contributed by atoms with Gasteiger partial charge in [-0.1, -0.05) is 41.4 Å². The minimum absolute atomic E-state index is 0.154. The van der Waals surface area contributed by atoms with Crippen LogP contribution in [0.15, 0.2) is 47.6 Å². The molecule has 34 heavy (non-hydrogen) atoms. The van der Waals surface area contributed by atoms with Crippen LogP contribution in [0.3, 0.4) is 0 Å². The van der Waals surface area contributed by atoms with Crippen molar-refractivity contribution in [3.8, 4) is 5.75 Å². The van der Waals surface area contributed by atoms with Gasteiger partial charge in [-0.3, -0.25) is 9.59 Å². The number of hydrazone groups is 1. The zero-order valence-electron chi connectivity index (χ0n) is 17.7. The lowest BCUT2D eigenvalue weighted by molar-refractivity contribution is -0.141. The Balaban J connectivity index is 1.18. The van der Waals surface area contributed by atoms with E-state index < -0.39 is 0 Å². The van der Waals surface area contributed by atoms with Crippen molar-refractivity contribution in [2.45, 2.75) is 19.4 Å².